The number of guanidine groups is 1. The van der Waals surface area contributed by atoms with Crippen molar-refractivity contribution < 1.29 is 0 Å². The molecule has 1 heterocycles. The standard InChI is InChI=1S/C15H23BrN4/c1-2-8-18-15(17)19-10-12-7-9-20(11-12)14-5-3-13(16)4-6-14/h3-6,12H,2,7-11H2,1H3,(H3,17,18,19). The van der Waals surface area contributed by atoms with Gasteiger partial charge in [0.05, 0.1) is 0 Å². The highest BCUT2D eigenvalue weighted by Crippen LogP contribution is 2.25. The lowest BCUT2D eigenvalue weighted by Gasteiger charge is -2.18. The number of aliphatic imine (C=N–C) groups is 1. The first-order valence-electron chi connectivity index (χ1n) is 7.23. The van der Waals surface area contributed by atoms with E-state index < -0.39 is 0 Å². The molecule has 1 aliphatic heterocycles. The maximum Gasteiger partial charge on any atom is 0.188 e. The molecule has 4 nitrogen and oxygen atoms in total. The van der Waals surface area contributed by atoms with E-state index in [1.54, 1.807) is 0 Å². The van der Waals surface area contributed by atoms with E-state index in [-0.39, 0.29) is 0 Å². The Morgan fingerprint density at radius 1 is 1.45 bits per heavy atom. The largest absolute Gasteiger partial charge is 0.371 e. The maximum absolute atomic E-state index is 5.82. The van der Waals surface area contributed by atoms with E-state index in [1.807, 2.05) is 0 Å². The third-order valence-electron chi connectivity index (χ3n) is 3.55. The Bertz CT molecular complexity index is 444. The first kappa shape index (κ1) is 15.2. The van der Waals surface area contributed by atoms with Crippen molar-refractivity contribution in [2.45, 2.75) is 19.8 Å². The fraction of sp³-hybridized carbons (Fsp3) is 0.533. The van der Waals surface area contributed by atoms with Crippen LogP contribution in [0.4, 0.5) is 5.69 Å². The number of rotatable bonds is 5. The van der Waals surface area contributed by atoms with Crippen LogP contribution in [0.15, 0.2) is 33.7 Å². The van der Waals surface area contributed by atoms with Crippen LogP contribution in [0.5, 0.6) is 0 Å². The molecule has 110 valence electrons. The second kappa shape index (κ2) is 7.53. The SMILES string of the molecule is CCCNC(N)=NCC1CCN(c2ccc(Br)cc2)C1. The van der Waals surface area contributed by atoms with Crippen LogP contribution in [-0.4, -0.2) is 32.1 Å². The number of nitrogens with one attached hydrogen (secondary N) is 1. The van der Waals surface area contributed by atoms with Crippen LogP contribution in [0.2, 0.25) is 0 Å². The fourth-order valence-corrected chi connectivity index (χ4v) is 2.67. The average Bonchev–Trinajstić information content (AvgIpc) is 2.92. The lowest BCUT2D eigenvalue weighted by atomic mass is 10.1. The van der Waals surface area contributed by atoms with E-state index in [2.05, 4.69) is 62.3 Å². The lowest BCUT2D eigenvalue weighted by molar-refractivity contribution is 0.601. The minimum Gasteiger partial charge on any atom is -0.371 e. The predicted octanol–water partition coefficient (Wildman–Crippen LogP) is 2.59. The fourth-order valence-electron chi connectivity index (χ4n) is 2.40. The first-order valence-corrected chi connectivity index (χ1v) is 8.02. The van der Waals surface area contributed by atoms with Crippen LogP contribution in [0.25, 0.3) is 0 Å². The summed E-state index contributed by atoms with van der Waals surface area (Å²) in [7, 11) is 0. The number of hydrogen-bond donors (Lipinski definition) is 2. The zero-order chi connectivity index (χ0) is 14.4. The summed E-state index contributed by atoms with van der Waals surface area (Å²) in [5.74, 6) is 1.18. The van der Waals surface area contributed by atoms with Gasteiger partial charge in [-0.3, -0.25) is 4.99 Å². The zero-order valence-corrected chi connectivity index (χ0v) is 13.6. The van der Waals surface area contributed by atoms with Gasteiger partial charge in [-0.1, -0.05) is 22.9 Å². The summed E-state index contributed by atoms with van der Waals surface area (Å²) in [5.41, 5.74) is 7.11. The molecule has 1 aromatic rings. The van der Waals surface area contributed by atoms with Gasteiger partial charge in [0.1, 0.15) is 0 Å². The minimum absolute atomic E-state index is 0.578. The summed E-state index contributed by atoms with van der Waals surface area (Å²) < 4.78 is 1.12. The van der Waals surface area contributed by atoms with Crippen molar-refractivity contribution in [2.75, 3.05) is 31.1 Å². The van der Waals surface area contributed by atoms with Gasteiger partial charge in [0.25, 0.3) is 0 Å². The molecule has 0 spiro atoms. The van der Waals surface area contributed by atoms with Crippen LogP contribution in [-0.2, 0) is 0 Å². The van der Waals surface area contributed by atoms with Crippen LogP contribution >= 0.6 is 15.9 Å². The van der Waals surface area contributed by atoms with Crippen LogP contribution in [0.3, 0.4) is 0 Å². The Labute approximate surface area is 129 Å². The molecule has 0 aromatic heterocycles. The molecule has 0 radical (unpaired) electrons. The van der Waals surface area contributed by atoms with Crippen molar-refractivity contribution in [1.82, 2.24) is 5.32 Å². The smallest absolute Gasteiger partial charge is 0.188 e. The number of hydrogen-bond acceptors (Lipinski definition) is 2. The van der Waals surface area contributed by atoms with Crippen molar-refractivity contribution in [1.29, 1.82) is 0 Å². The molecule has 5 heteroatoms. The summed E-state index contributed by atoms with van der Waals surface area (Å²) >= 11 is 3.47. The van der Waals surface area contributed by atoms with Crippen molar-refractivity contribution in [3.63, 3.8) is 0 Å². The number of benzene rings is 1. The number of anilines is 1. The van der Waals surface area contributed by atoms with Gasteiger partial charge in [0.2, 0.25) is 0 Å². The molecule has 1 saturated heterocycles. The van der Waals surface area contributed by atoms with Crippen molar-refractivity contribution in [3.8, 4) is 0 Å². The van der Waals surface area contributed by atoms with E-state index >= 15 is 0 Å². The van der Waals surface area contributed by atoms with E-state index in [4.69, 9.17) is 5.73 Å². The highest BCUT2D eigenvalue weighted by atomic mass is 79.9. The summed E-state index contributed by atoms with van der Waals surface area (Å²) in [6.07, 6.45) is 2.25. The molecule has 1 aliphatic rings. The van der Waals surface area contributed by atoms with Gasteiger partial charge in [-0.25, -0.2) is 0 Å². The predicted molar refractivity (Wildman–Crippen MR) is 89.2 cm³/mol. The van der Waals surface area contributed by atoms with Crippen LogP contribution < -0.4 is 16.0 Å². The Morgan fingerprint density at radius 3 is 2.90 bits per heavy atom. The van der Waals surface area contributed by atoms with E-state index in [0.717, 1.165) is 37.1 Å². The Hall–Kier alpha value is -1.23. The molecule has 20 heavy (non-hydrogen) atoms. The minimum atomic E-state index is 0.578. The molecule has 0 amide bonds. The summed E-state index contributed by atoms with van der Waals surface area (Å²) in [5, 5.41) is 3.11. The van der Waals surface area contributed by atoms with Crippen molar-refractivity contribution in [2.24, 2.45) is 16.6 Å². The molecule has 0 bridgehead atoms. The molecule has 3 N–H and O–H groups in total. The van der Waals surface area contributed by atoms with Gasteiger partial charge < -0.3 is 16.0 Å². The highest BCUT2D eigenvalue weighted by Gasteiger charge is 2.22. The molecular formula is C15H23BrN4. The van der Waals surface area contributed by atoms with Crippen LogP contribution in [0.1, 0.15) is 19.8 Å². The number of nitrogens with zero attached hydrogens (tertiary/aromatic N) is 2. The average molecular weight is 339 g/mol. The van der Waals surface area contributed by atoms with E-state index in [1.165, 1.54) is 12.1 Å². The van der Waals surface area contributed by atoms with Crippen molar-refractivity contribution in [3.05, 3.63) is 28.7 Å². The second-order valence-electron chi connectivity index (χ2n) is 5.23. The van der Waals surface area contributed by atoms with Crippen molar-refractivity contribution >= 4 is 27.6 Å². The van der Waals surface area contributed by atoms with Gasteiger partial charge in [-0.05, 0) is 43.0 Å². The van der Waals surface area contributed by atoms with Gasteiger partial charge in [0, 0.05) is 36.3 Å². The van der Waals surface area contributed by atoms with Gasteiger partial charge in [-0.15, -0.1) is 0 Å². The van der Waals surface area contributed by atoms with Gasteiger partial charge >= 0.3 is 0 Å². The third-order valence-corrected chi connectivity index (χ3v) is 4.08. The Morgan fingerprint density at radius 2 is 2.20 bits per heavy atom. The Balaban J connectivity index is 1.82. The molecule has 0 saturated carbocycles. The summed E-state index contributed by atoms with van der Waals surface area (Å²) in [6, 6.07) is 8.50. The molecule has 2 rings (SSSR count). The number of halogens is 1. The molecule has 1 atom stereocenters. The van der Waals surface area contributed by atoms with Crippen LogP contribution in [0, 0.1) is 5.92 Å². The molecule has 1 fully saturated rings. The first-order chi connectivity index (χ1) is 9.69. The number of nitrogens with two attached hydrogens (primary N) is 1. The molecule has 0 aliphatic carbocycles. The van der Waals surface area contributed by atoms with Gasteiger partial charge in [-0.2, -0.15) is 0 Å². The maximum atomic E-state index is 5.82. The molecule has 1 unspecified atom stereocenters. The van der Waals surface area contributed by atoms with E-state index in [0.29, 0.717) is 11.9 Å². The normalized spacial score (nSPS) is 19.4. The quantitative estimate of drug-likeness (QED) is 0.640. The third kappa shape index (κ3) is 4.40. The topological polar surface area (TPSA) is 53.6 Å². The second-order valence-corrected chi connectivity index (χ2v) is 6.15. The molecular weight excluding hydrogens is 316 g/mol. The van der Waals surface area contributed by atoms with E-state index in [9.17, 15) is 0 Å². The highest BCUT2D eigenvalue weighted by molar-refractivity contribution is 9.10. The zero-order valence-electron chi connectivity index (χ0n) is 12.0. The lowest BCUT2D eigenvalue weighted by Crippen LogP contribution is -2.32. The van der Waals surface area contributed by atoms with Gasteiger partial charge in [0.15, 0.2) is 5.96 Å². The molecule has 1 aromatic carbocycles. The monoisotopic (exact) mass is 338 g/mol. The summed E-state index contributed by atoms with van der Waals surface area (Å²) in [6.45, 7) is 5.99. The summed E-state index contributed by atoms with van der Waals surface area (Å²) in [4.78, 5) is 6.85. The Kier molecular flexibility index (Phi) is 5.71.